The van der Waals surface area contributed by atoms with Gasteiger partial charge in [0.15, 0.2) is 0 Å². The monoisotopic (exact) mass is 1360 g/mol. The van der Waals surface area contributed by atoms with Gasteiger partial charge in [-0.1, -0.05) is 223 Å². The molecule has 0 unspecified atom stereocenters. The van der Waals surface area contributed by atoms with Crippen molar-refractivity contribution in [3.8, 4) is 95.5 Å². The van der Waals surface area contributed by atoms with E-state index >= 15 is 0 Å². The average molecular weight is 1360 g/mol. The molecule has 3 aromatic heterocycles. The summed E-state index contributed by atoms with van der Waals surface area (Å²) < 4.78 is 255. The van der Waals surface area contributed by atoms with Crippen LogP contribution in [-0.2, 0) is 31.9 Å². The number of aryl methyl sites for hydroxylation is 3. The van der Waals surface area contributed by atoms with E-state index in [9.17, 15) is 9.60 Å². The molecule has 6 heteroatoms. The first-order chi connectivity index (χ1) is 53.7. The Balaban J connectivity index is 0.0000117. The molecule has 0 spiro atoms. The minimum atomic E-state index is -2.92. The third kappa shape index (κ3) is 11.1. The van der Waals surface area contributed by atoms with Crippen molar-refractivity contribution in [1.29, 1.82) is 0 Å². The smallest absolute Gasteiger partial charge is 0.268 e. The summed E-state index contributed by atoms with van der Waals surface area (Å²) in [7, 11) is 0. The Morgan fingerprint density at radius 1 is 0.483 bits per heavy atom. The zero-order valence-electron chi connectivity index (χ0n) is 75.8. The van der Waals surface area contributed by atoms with Crippen LogP contribution in [0.1, 0.15) is 106 Å². The van der Waals surface area contributed by atoms with Crippen molar-refractivity contribution in [2.45, 2.75) is 72.9 Å². The SMILES string of the molecule is [2H]c1c([2H])c([2H])c(-c2cnc(-n3c4[c-]c(Oc5[c-]c(-n6[c-][n+](-c7c(-c8cccc(C(C)(C)C)c8)cc(C(C)(C)C)cc7-c7c([2H])c(-c8c([2H])c([2H])c([2H])c([2H])c8[2H])c([2H])c(-c8c([2H])c([2H])c([2H])c([2H])c8[2H])c7[2H])c7ccc(-c8c(C([2H])([2H])[2H])cccc8C([2H])([2H])[2H])cc76)ccc5)ccc4c4ccccc43)cc2C([2H])([2H])[2H])c([2H])c1[2H].[Pt]. The number of pyridine rings is 1. The number of hydrogen-bond donors (Lipinski definition) is 0. The van der Waals surface area contributed by atoms with Crippen LogP contribution in [0.4, 0.5) is 0 Å². The number of ether oxygens (including phenoxy) is 1. The predicted molar refractivity (Wildman–Crippen MR) is 364 cm³/mol. The van der Waals surface area contributed by atoms with Crippen LogP contribution in [0, 0.1) is 39.0 Å². The van der Waals surface area contributed by atoms with Gasteiger partial charge in [-0.25, -0.2) is 4.98 Å². The third-order valence-corrected chi connectivity index (χ3v) is 15.4. The van der Waals surface area contributed by atoms with Crippen molar-refractivity contribution in [2.75, 3.05) is 0 Å². The number of rotatable bonds is 11. The maximum Gasteiger partial charge on any atom is 0.268 e. The molecule has 0 saturated heterocycles. The molecule has 14 rings (SSSR count). The fraction of sp³-hybridized carbons (Fsp3) is 0.133. The number of nitrogens with zero attached hydrogens (tertiary/aromatic N) is 4. The molecule has 89 heavy (non-hydrogen) atoms. The van der Waals surface area contributed by atoms with Gasteiger partial charge in [0, 0.05) is 62.2 Å². The van der Waals surface area contributed by atoms with Gasteiger partial charge in [-0.3, -0.25) is 4.57 Å². The number of aromatic nitrogens is 4. The number of hydrogen-bond acceptors (Lipinski definition) is 2. The van der Waals surface area contributed by atoms with Crippen LogP contribution in [0.3, 0.4) is 0 Å². The van der Waals surface area contributed by atoms with Gasteiger partial charge in [-0.15, -0.1) is 29.7 Å². The fourth-order valence-electron chi connectivity index (χ4n) is 11.0. The van der Waals surface area contributed by atoms with Crippen LogP contribution in [0.25, 0.3) is 117 Å². The molecule has 0 N–H and O–H groups in total. The third-order valence-electron chi connectivity index (χ3n) is 15.4. The van der Waals surface area contributed by atoms with Crippen LogP contribution in [0.15, 0.2) is 248 Å². The largest absolute Gasteiger partial charge is 0.510 e. The molecule has 14 aromatic rings. The zero-order chi connectivity index (χ0) is 83.6. The summed E-state index contributed by atoms with van der Waals surface area (Å²) in [5, 5.41) is 1.30. The van der Waals surface area contributed by atoms with Gasteiger partial charge < -0.3 is 13.9 Å². The summed E-state index contributed by atoms with van der Waals surface area (Å²) in [5.41, 5.74) is -2.05. The Morgan fingerprint density at radius 3 is 1.78 bits per heavy atom. The van der Waals surface area contributed by atoms with Crippen LogP contribution in [0.5, 0.6) is 11.5 Å². The summed E-state index contributed by atoms with van der Waals surface area (Å²) in [6, 6.07) is 29.3. The second-order valence-electron chi connectivity index (χ2n) is 23.2. The second-order valence-corrected chi connectivity index (χ2v) is 23.2. The maximum absolute atomic E-state index is 10.6. The van der Waals surface area contributed by atoms with Crippen LogP contribution >= 0.6 is 0 Å². The molecule has 0 radical (unpaired) electrons. The van der Waals surface area contributed by atoms with Gasteiger partial charge in [0.25, 0.3) is 6.33 Å². The number of imidazole rings is 1. The molecule has 0 bridgehead atoms. The van der Waals surface area contributed by atoms with E-state index in [0.717, 1.165) is 11.8 Å². The van der Waals surface area contributed by atoms with Gasteiger partial charge >= 0.3 is 0 Å². The Hall–Kier alpha value is -9.67. The Kier molecular flexibility index (Phi) is 9.16. The number of fused-ring (bicyclic) bond motifs is 4. The first-order valence-electron chi connectivity index (χ1n) is 41.7. The summed E-state index contributed by atoms with van der Waals surface area (Å²) >= 11 is 0. The predicted octanol–water partition coefficient (Wildman–Crippen LogP) is 21.1. The van der Waals surface area contributed by atoms with Crippen molar-refractivity contribution < 1.29 is 67.4 Å². The molecule has 3 heterocycles. The summed E-state index contributed by atoms with van der Waals surface area (Å²) in [4.78, 5) is 4.71. The van der Waals surface area contributed by atoms with E-state index in [2.05, 4.69) is 18.5 Å². The molecule has 0 fully saturated rings. The summed E-state index contributed by atoms with van der Waals surface area (Å²) in [6.07, 6.45) is 4.70. The van der Waals surface area contributed by atoms with Crippen molar-refractivity contribution >= 4 is 32.8 Å². The van der Waals surface area contributed by atoms with Gasteiger partial charge in [0.2, 0.25) is 0 Å². The van der Waals surface area contributed by atoms with E-state index in [0.29, 0.717) is 38.5 Å². The van der Waals surface area contributed by atoms with Crippen molar-refractivity contribution in [3.63, 3.8) is 0 Å². The second kappa shape index (κ2) is 23.4. The maximum atomic E-state index is 10.6. The Bertz CT molecular complexity index is 6270. The molecule has 0 saturated carbocycles. The molecule has 0 amide bonds. The van der Waals surface area contributed by atoms with E-state index in [-0.39, 0.29) is 105 Å². The normalized spacial score (nSPS) is 16.5. The van der Waals surface area contributed by atoms with E-state index in [4.69, 9.17) is 37.1 Å². The standard InChI is InChI=1S/C83H68N4O.Pt/c1-54-24-21-25-55(2)80(54)61-38-41-76-78(47-61)85(67-34-23-35-68(50-67)88-69-39-40-71-70-36-19-20-37-75(70)87(77(71)51-69)79-42-56(3)74(52-84-79)59-30-17-12-18-31-59)53-86(76)81-72(60-32-22-33-65(46-60)82(4,5)6)48-66(83(7,8)9)49-73(81)64-44-62(57-26-13-10-14-27-57)43-63(45-64)58-28-15-11-16-29-58;/h10-49,52H,1-9H3;/q-2;/i1D3,2D3,3D3,10D,11D,12D,13D,14D,15D,16D,17D,18D,26D,27D,28D,29D,30D,31D,43D,44D,45D;. The quantitative estimate of drug-likeness (QED) is 0.0956. The van der Waals surface area contributed by atoms with E-state index in [1.807, 2.05) is 84.0 Å². The molecular weight excluding hydrogens is 1260 g/mol. The molecule has 438 valence electrons. The van der Waals surface area contributed by atoms with Gasteiger partial charge in [0.1, 0.15) is 5.82 Å². The number of para-hydroxylation sites is 1. The first kappa shape index (κ1) is 34.8. The summed E-state index contributed by atoms with van der Waals surface area (Å²) in [5.74, 6) is 0.184. The zero-order valence-corrected chi connectivity index (χ0v) is 51.1. The molecule has 0 aliphatic carbocycles. The van der Waals surface area contributed by atoms with Crippen molar-refractivity contribution in [1.82, 2.24) is 14.1 Å². The van der Waals surface area contributed by atoms with Gasteiger partial charge in [-0.05, 0) is 168 Å². The summed E-state index contributed by atoms with van der Waals surface area (Å²) in [6.45, 7) is 3.11. The van der Waals surface area contributed by atoms with E-state index in [1.54, 1.807) is 69.8 Å². The average Bonchev–Trinajstić information content (AvgIpc) is 1.11. The molecule has 5 nitrogen and oxygen atoms in total. The molecule has 0 atom stereocenters. The van der Waals surface area contributed by atoms with E-state index < -0.39 is 168 Å². The van der Waals surface area contributed by atoms with E-state index in [1.165, 1.54) is 34.9 Å². The molecule has 0 aliphatic heterocycles. The Morgan fingerprint density at radius 2 is 1.10 bits per heavy atom. The molecule has 0 aliphatic rings. The van der Waals surface area contributed by atoms with Crippen LogP contribution < -0.4 is 9.30 Å². The van der Waals surface area contributed by atoms with Crippen molar-refractivity contribution in [2.24, 2.45) is 0 Å². The van der Waals surface area contributed by atoms with Crippen LogP contribution in [-0.4, -0.2) is 14.1 Å². The minimum absolute atomic E-state index is 0. The minimum Gasteiger partial charge on any atom is -0.510 e. The molecular formula is C83H68N4OPt-2. The van der Waals surface area contributed by atoms with Gasteiger partial charge in [0.05, 0.1) is 41.4 Å². The molecule has 11 aromatic carbocycles. The fourth-order valence-corrected chi connectivity index (χ4v) is 11.0. The Labute approximate surface area is 575 Å². The topological polar surface area (TPSA) is 35.9 Å². The number of benzene rings is 11. The van der Waals surface area contributed by atoms with Crippen LogP contribution in [0.2, 0.25) is 0 Å². The van der Waals surface area contributed by atoms with Gasteiger partial charge in [-0.2, -0.15) is 18.2 Å². The van der Waals surface area contributed by atoms with Crippen molar-refractivity contribution in [3.05, 3.63) is 295 Å². The first-order valence-corrected chi connectivity index (χ1v) is 28.2.